The summed E-state index contributed by atoms with van der Waals surface area (Å²) in [6.45, 7) is 3.96. The molecule has 0 aromatic rings. The van der Waals surface area contributed by atoms with Gasteiger partial charge in [0, 0.05) is 51.4 Å². The molecule has 0 aliphatic rings. The second kappa shape index (κ2) is 24.0. The minimum absolute atomic E-state index is 0.313. The Bertz CT molecular complexity index is 1480. The second-order valence-corrected chi connectivity index (χ2v) is 21.6. The molecule has 0 saturated carbocycles. The van der Waals surface area contributed by atoms with Crippen molar-refractivity contribution in [3.05, 3.63) is 0 Å². The maximum Gasteiger partial charge on any atom is 0.493 e. The number of halogens is 26. The highest BCUT2D eigenvalue weighted by Gasteiger charge is 2.65. The van der Waals surface area contributed by atoms with E-state index < -0.39 is 185 Å². The van der Waals surface area contributed by atoms with E-state index in [4.69, 9.17) is 21.8 Å². The normalized spacial score (nSPS) is 15.4. The van der Waals surface area contributed by atoms with Gasteiger partial charge in [-0.15, -0.1) is 0 Å². The molecule has 0 saturated heterocycles. The Morgan fingerprint density at radius 2 is 0.500 bits per heavy atom. The number of alkyl halides is 26. The monoisotopic (exact) mass is 1100 g/mol. The second-order valence-electron chi connectivity index (χ2n) is 15.9. The summed E-state index contributed by atoms with van der Waals surface area (Å²) in [5.41, 5.74) is 0. The van der Waals surface area contributed by atoms with E-state index in [1.807, 2.05) is 0 Å². The summed E-state index contributed by atoms with van der Waals surface area (Å²) in [4.78, 5) is 0. The fourth-order valence-corrected chi connectivity index (χ4v) is 14.1. The summed E-state index contributed by atoms with van der Waals surface area (Å²) in [5, 5.41) is 0. The third-order valence-electron chi connectivity index (χ3n) is 8.96. The molecular weight excluding hydrogens is 1050 g/mol. The summed E-state index contributed by atoms with van der Waals surface area (Å²) in [7, 11) is -8.85. The van der Waals surface area contributed by atoms with Crippen molar-refractivity contribution in [2.75, 3.05) is 26.4 Å². The molecule has 33 heteroatoms. The lowest BCUT2D eigenvalue weighted by Crippen LogP contribution is -2.59. The van der Waals surface area contributed by atoms with Gasteiger partial charge in [0.1, 0.15) is 0 Å². The van der Waals surface area contributed by atoms with Crippen LogP contribution in [0.2, 0.25) is 12.1 Å². The molecule has 0 amide bonds. The zero-order valence-corrected chi connectivity index (χ0v) is 38.3. The van der Waals surface area contributed by atoms with Crippen molar-refractivity contribution >= 4 is 17.6 Å². The lowest BCUT2D eigenvalue weighted by Gasteiger charge is -2.38. The molecule has 0 rings (SSSR count). The van der Waals surface area contributed by atoms with Gasteiger partial charge in [-0.25, -0.2) is 70.2 Å². The highest BCUT2D eigenvalue weighted by Crippen LogP contribution is 2.51. The van der Waals surface area contributed by atoms with Crippen LogP contribution in [0.15, 0.2) is 0 Å². The van der Waals surface area contributed by atoms with Gasteiger partial charge in [-0.05, 0) is 47.0 Å². The van der Waals surface area contributed by atoms with Gasteiger partial charge < -0.3 is 21.8 Å². The van der Waals surface area contributed by atoms with Crippen molar-refractivity contribution in [3.8, 4) is 0 Å². The molecule has 0 spiro atoms. The average Bonchev–Trinajstić information content (AvgIpc) is 3.01. The highest BCUT2D eigenvalue weighted by molar-refractivity contribution is 6.75. The quantitative estimate of drug-likeness (QED) is 0.0360. The SMILES string of the molecule is CCO[Si](CCCCC(F)(F)CC(F)(F)CC(F)(F)CC(F)(F)CC(F)(F)C(F)(F)F)(OCC)O[Si](CCCC(F)(F)CC(F)(F)CC(F)(F)CC(F)(F)CC(F)(F)C(F)(F)F)(OCC)OCC. The van der Waals surface area contributed by atoms with E-state index >= 15 is 0 Å². The van der Waals surface area contributed by atoms with E-state index in [1.165, 1.54) is 27.7 Å². The van der Waals surface area contributed by atoms with Gasteiger partial charge in [-0.3, -0.25) is 0 Å². The van der Waals surface area contributed by atoms with Gasteiger partial charge in [-0.2, -0.15) is 43.9 Å². The molecule has 0 bridgehead atoms. The number of hydrogen-bond donors (Lipinski definition) is 0. The van der Waals surface area contributed by atoms with E-state index in [1.54, 1.807) is 0 Å². The van der Waals surface area contributed by atoms with E-state index in [9.17, 15) is 114 Å². The molecule has 0 aliphatic carbocycles. The van der Waals surface area contributed by atoms with Crippen LogP contribution in [-0.4, -0.2) is 116 Å². The number of rotatable bonds is 35. The maximum atomic E-state index is 14.9. The van der Waals surface area contributed by atoms with E-state index in [2.05, 4.69) is 0 Å². The fraction of sp³-hybridized carbons (Fsp3) is 1.00. The Labute approximate surface area is 375 Å². The first kappa shape index (κ1) is 66.4. The summed E-state index contributed by atoms with van der Waals surface area (Å²) >= 11 is 0. The first-order valence-electron chi connectivity index (χ1n) is 20.2. The molecule has 0 fully saturated rings. The van der Waals surface area contributed by atoms with Crippen molar-refractivity contribution < 1.29 is 136 Å². The molecule has 0 atom stereocenters. The molecule has 410 valence electrons. The zero-order valence-electron chi connectivity index (χ0n) is 36.3. The summed E-state index contributed by atoms with van der Waals surface area (Å²) in [6, 6.07) is -1.30. The lowest BCUT2D eigenvalue weighted by molar-refractivity contribution is -0.304. The summed E-state index contributed by atoms with van der Waals surface area (Å²) in [5.74, 6) is -54.3. The van der Waals surface area contributed by atoms with Crippen LogP contribution >= 0.6 is 0 Å². The molecule has 0 aromatic carbocycles. The molecule has 0 aromatic heterocycles. The van der Waals surface area contributed by atoms with E-state index in [0.29, 0.717) is 0 Å². The first-order chi connectivity index (χ1) is 30.0. The topological polar surface area (TPSA) is 46.2 Å². The largest absolute Gasteiger partial charge is 0.493 e. The molecule has 0 aliphatic heterocycles. The van der Waals surface area contributed by atoms with Crippen LogP contribution in [0.1, 0.15) is 111 Å². The van der Waals surface area contributed by atoms with Crippen LogP contribution in [0.5, 0.6) is 0 Å². The smallest absolute Gasteiger partial charge is 0.374 e. The van der Waals surface area contributed by atoms with Crippen molar-refractivity contribution in [1.29, 1.82) is 0 Å². The predicted octanol–water partition coefficient (Wildman–Crippen LogP) is 15.6. The summed E-state index contributed by atoms with van der Waals surface area (Å²) < 4.78 is 383. The minimum Gasteiger partial charge on any atom is -0.374 e. The van der Waals surface area contributed by atoms with Gasteiger partial charge in [0.25, 0.3) is 47.4 Å². The lowest BCUT2D eigenvalue weighted by atomic mass is 9.95. The van der Waals surface area contributed by atoms with Crippen LogP contribution < -0.4 is 0 Å². The summed E-state index contributed by atoms with van der Waals surface area (Å²) in [6.07, 6.45) is -44.2. The molecule has 0 radical (unpaired) electrons. The Morgan fingerprint density at radius 1 is 0.279 bits per heavy atom. The third-order valence-corrected chi connectivity index (χ3v) is 16.3. The molecule has 0 N–H and O–H groups in total. The highest BCUT2D eigenvalue weighted by atomic mass is 28.5. The van der Waals surface area contributed by atoms with Crippen molar-refractivity contribution in [2.24, 2.45) is 0 Å². The third kappa shape index (κ3) is 24.2. The van der Waals surface area contributed by atoms with Crippen molar-refractivity contribution in [3.63, 3.8) is 0 Å². The van der Waals surface area contributed by atoms with Crippen LogP contribution in [0.3, 0.4) is 0 Å². The Kier molecular flexibility index (Phi) is 23.4. The molecule has 0 unspecified atom stereocenters. The molecule has 5 nitrogen and oxygen atoms in total. The predicted molar refractivity (Wildman–Crippen MR) is 190 cm³/mol. The molecule has 0 heterocycles. The standard InChI is InChI=1S/C35H50F26O5Si2/c1-5-62-67(63-6-2,14-10-9-12-24(36,37)16-26(40,41)18-28(44,45)20-30(48,49)22-32(52,53)34(56,57)58)66-68(64-7-3,65-8-4)15-11-13-25(38,39)17-27(42,43)19-29(46,47)21-31(50,51)23-33(54,55)35(59,60)61/h5-23H2,1-4H3. The van der Waals surface area contributed by atoms with Gasteiger partial charge in [0.15, 0.2) is 0 Å². The minimum atomic E-state index is -6.64. The van der Waals surface area contributed by atoms with Crippen LogP contribution in [0.4, 0.5) is 114 Å². The van der Waals surface area contributed by atoms with Gasteiger partial charge in [-0.1, -0.05) is 0 Å². The van der Waals surface area contributed by atoms with Crippen LogP contribution in [0, 0.1) is 0 Å². The van der Waals surface area contributed by atoms with Gasteiger partial charge >= 0.3 is 41.8 Å². The maximum absolute atomic E-state index is 14.9. The molecular formula is C35H50F26O5Si2. The number of unbranched alkanes of at least 4 members (excludes halogenated alkanes) is 1. The van der Waals surface area contributed by atoms with Gasteiger partial charge in [0.05, 0.1) is 51.4 Å². The fourth-order valence-electron chi connectivity index (χ4n) is 6.67. The van der Waals surface area contributed by atoms with E-state index in [-0.39, 0.29) is 26.4 Å². The van der Waals surface area contributed by atoms with Gasteiger partial charge in [0.2, 0.25) is 0 Å². The van der Waals surface area contributed by atoms with Crippen LogP contribution in [0.25, 0.3) is 0 Å². The average molecular weight is 1100 g/mol. The Morgan fingerprint density at radius 3 is 0.750 bits per heavy atom. The number of hydrogen-bond acceptors (Lipinski definition) is 5. The Hall–Kier alpha value is -1.59. The van der Waals surface area contributed by atoms with Crippen molar-refractivity contribution in [1.82, 2.24) is 0 Å². The first-order valence-corrected chi connectivity index (χ1v) is 24.1. The van der Waals surface area contributed by atoms with E-state index in [0.717, 1.165) is 0 Å². The molecule has 68 heavy (non-hydrogen) atoms. The van der Waals surface area contributed by atoms with Crippen molar-refractivity contribution in [2.45, 2.75) is 195 Å². The Balaban J connectivity index is 6.00. The zero-order chi connectivity index (χ0) is 54.0. The van der Waals surface area contributed by atoms with Crippen LogP contribution in [-0.2, 0) is 21.8 Å².